The lowest BCUT2D eigenvalue weighted by atomic mass is 10.1. The number of benzene rings is 2. The van der Waals surface area contributed by atoms with Gasteiger partial charge in [-0.05, 0) is 42.7 Å². The van der Waals surface area contributed by atoms with Crippen LogP contribution in [0.15, 0.2) is 42.5 Å². The van der Waals surface area contributed by atoms with Gasteiger partial charge in [0.2, 0.25) is 5.91 Å². The van der Waals surface area contributed by atoms with E-state index in [1.165, 1.54) is 6.07 Å². The van der Waals surface area contributed by atoms with Crippen LogP contribution in [0.25, 0.3) is 0 Å². The molecule has 0 heterocycles. The quantitative estimate of drug-likeness (QED) is 0.857. The van der Waals surface area contributed by atoms with Gasteiger partial charge >= 0.3 is 0 Å². The smallest absolute Gasteiger partial charge is 0.251 e. The molecule has 2 aromatic rings. The van der Waals surface area contributed by atoms with Gasteiger partial charge < -0.3 is 10.6 Å². The van der Waals surface area contributed by atoms with Gasteiger partial charge in [-0.15, -0.1) is 0 Å². The van der Waals surface area contributed by atoms with E-state index in [1.54, 1.807) is 31.2 Å². The number of halogens is 1. The number of nitrogens with one attached hydrogen (secondary N) is 2. The topological polar surface area (TPSA) is 58.2 Å². The van der Waals surface area contributed by atoms with Crippen LogP contribution >= 0.6 is 0 Å². The highest BCUT2D eigenvalue weighted by Gasteiger charge is 2.09. The first kappa shape index (κ1) is 17.7. The first-order valence-corrected chi connectivity index (χ1v) is 7.83. The Hall–Kier alpha value is -2.69. The van der Waals surface area contributed by atoms with Crippen molar-refractivity contribution in [3.8, 4) is 0 Å². The molecule has 0 unspecified atom stereocenters. The van der Waals surface area contributed by atoms with Gasteiger partial charge in [-0.25, -0.2) is 4.39 Å². The zero-order valence-corrected chi connectivity index (χ0v) is 13.9. The van der Waals surface area contributed by atoms with Crippen LogP contribution in [0.3, 0.4) is 0 Å². The fourth-order valence-electron chi connectivity index (χ4n) is 2.25. The maximum atomic E-state index is 13.4. The summed E-state index contributed by atoms with van der Waals surface area (Å²) in [5.74, 6) is -0.671. The second-order valence-corrected chi connectivity index (χ2v) is 5.68. The molecule has 2 aromatic carbocycles. The van der Waals surface area contributed by atoms with Crippen molar-refractivity contribution in [3.05, 3.63) is 70.5 Å². The number of carbonyl (C=O) groups excluding carboxylic acids is 2. The van der Waals surface area contributed by atoms with Crippen molar-refractivity contribution >= 4 is 11.8 Å². The summed E-state index contributed by atoms with van der Waals surface area (Å²) in [5.41, 5.74) is 2.77. The monoisotopic (exact) mass is 328 g/mol. The van der Waals surface area contributed by atoms with Gasteiger partial charge in [0, 0.05) is 25.1 Å². The predicted molar refractivity (Wildman–Crippen MR) is 91.1 cm³/mol. The fourth-order valence-corrected chi connectivity index (χ4v) is 2.25. The molecular formula is C19H21FN2O2. The average molecular weight is 328 g/mol. The maximum absolute atomic E-state index is 13.4. The predicted octanol–water partition coefficient (Wildman–Crippen LogP) is 2.88. The Bertz CT molecular complexity index is 744. The molecule has 0 aliphatic carbocycles. The van der Waals surface area contributed by atoms with Crippen LogP contribution < -0.4 is 10.6 Å². The SMILES string of the molecule is Cc1ccc(CNC(=O)CCNC(=O)c2ccccc2C)cc1F. The number of rotatable bonds is 6. The molecule has 2 N–H and O–H groups in total. The molecule has 4 nitrogen and oxygen atoms in total. The van der Waals surface area contributed by atoms with Gasteiger partial charge in [0.25, 0.3) is 5.91 Å². The summed E-state index contributed by atoms with van der Waals surface area (Å²) in [6.07, 6.45) is 0.173. The van der Waals surface area contributed by atoms with Crippen LogP contribution in [0.4, 0.5) is 4.39 Å². The molecular weight excluding hydrogens is 307 g/mol. The molecule has 0 saturated carbocycles. The van der Waals surface area contributed by atoms with Gasteiger partial charge in [-0.2, -0.15) is 0 Å². The zero-order chi connectivity index (χ0) is 17.5. The van der Waals surface area contributed by atoms with Gasteiger partial charge in [-0.1, -0.05) is 30.3 Å². The van der Waals surface area contributed by atoms with Crippen molar-refractivity contribution in [2.45, 2.75) is 26.8 Å². The van der Waals surface area contributed by atoms with Crippen molar-refractivity contribution in [2.24, 2.45) is 0 Å². The summed E-state index contributed by atoms with van der Waals surface area (Å²) < 4.78 is 13.4. The van der Waals surface area contributed by atoms with E-state index in [1.807, 2.05) is 19.1 Å². The Labute approximate surface area is 141 Å². The van der Waals surface area contributed by atoms with Crippen molar-refractivity contribution in [1.82, 2.24) is 10.6 Å². The van der Waals surface area contributed by atoms with Crippen LogP contribution in [0.1, 0.15) is 33.5 Å². The van der Waals surface area contributed by atoms with Gasteiger partial charge in [0.1, 0.15) is 5.82 Å². The summed E-state index contributed by atoms with van der Waals surface area (Å²) in [6, 6.07) is 12.1. The summed E-state index contributed by atoms with van der Waals surface area (Å²) in [5, 5.41) is 5.44. The Morgan fingerprint density at radius 3 is 2.46 bits per heavy atom. The first-order chi connectivity index (χ1) is 11.5. The molecule has 0 aromatic heterocycles. The molecule has 5 heteroatoms. The molecule has 24 heavy (non-hydrogen) atoms. The van der Waals surface area contributed by atoms with Gasteiger partial charge in [0.05, 0.1) is 0 Å². The highest BCUT2D eigenvalue weighted by molar-refractivity contribution is 5.95. The average Bonchev–Trinajstić information content (AvgIpc) is 2.56. The van der Waals surface area contributed by atoms with Gasteiger partial charge in [0.15, 0.2) is 0 Å². The van der Waals surface area contributed by atoms with E-state index in [9.17, 15) is 14.0 Å². The molecule has 0 aliphatic rings. The van der Waals surface area contributed by atoms with Crippen LogP contribution in [0, 0.1) is 19.7 Å². The highest BCUT2D eigenvalue weighted by Crippen LogP contribution is 2.09. The first-order valence-electron chi connectivity index (χ1n) is 7.83. The third-order valence-electron chi connectivity index (χ3n) is 3.75. The van der Waals surface area contributed by atoms with Crippen LogP contribution in [-0.4, -0.2) is 18.4 Å². The fraction of sp³-hybridized carbons (Fsp3) is 0.263. The standard InChI is InChI=1S/C19H21FN2O2/c1-13-5-3-4-6-16(13)19(24)21-10-9-18(23)22-12-15-8-7-14(2)17(20)11-15/h3-8,11H,9-10,12H2,1-2H3,(H,21,24)(H,22,23). The van der Waals surface area contributed by atoms with E-state index in [4.69, 9.17) is 0 Å². The lowest BCUT2D eigenvalue weighted by Crippen LogP contribution is -2.30. The number of hydrogen-bond acceptors (Lipinski definition) is 2. The second kappa shape index (κ2) is 8.24. The van der Waals surface area contributed by atoms with Crippen molar-refractivity contribution in [1.29, 1.82) is 0 Å². The molecule has 0 spiro atoms. The normalized spacial score (nSPS) is 10.3. The Balaban J connectivity index is 1.74. The minimum absolute atomic E-state index is 0.173. The summed E-state index contributed by atoms with van der Waals surface area (Å²) in [7, 11) is 0. The number of hydrogen-bond donors (Lipinski definition) is 2. The highest BCUT2D eigenvalue weighted by atomic mass is 19.1. The molecule has 126 valence electrons. The zero-order valence-electron chi connectivity index (χ0n) is 13.9. The molecule has 0 fully saturated rings. The number of aryl methyl sites for hydroxylation is 2. The third-order valence-corrected chi connectivity index (χ3v) is 3.75. The summed E-state index contributed by atoms with van der Waals surface area (Å²) >= 11 is 0. The second-order valence-electron chi connectivity index (χ2n) is 5.68. The lowest BCUT2D eigenvalue weighted by molar-refractivity contribution is -0.121. The van der Waals surface area contributed by atoms with Crippen molar-refractivity contribution in [3.63, 3.8) is 0 Å². The van der Waals surface area contributed by atoms with E-state index in [2.05, 4.69) is 10.6 Å². The molecule has 0 atom stereocenters. The van der Waals surface area contributed by atoms with E-state index in [-0.39, 0.29) is 37.1 Å². The minimum atomic E-state index is -0.285. The van der Waals surface area contributed by atoms with Crippen LogP contribution in [0.5, 0.6) is 0 Å². The summed E-state index contributed by atoms with van der Waals surface area (Å²) in [4.78, 5) is 23.8. The van der Waals surface area contributed by atoms with Crippen molar-refractivity contribution in [2.75, 3.05) is 6.54 Å². The third kappa shape index (κ3) is 4.91. The number of amides is 2. The molecule has 0 aliphatic heterocycles. The molecule has 0 saturated heterocycles. The van der Waals surface area contributed by atoms with Crippen LogP contribution in [0.2, 0.25) is 0 Å². The minimum Gasteiger partial charge on any atom is -0.352 e. The Morgan fingerprint density at radius 2 is 1.75 bits per heavy atom. The van der Waals surface area contributed by atoms with E-state index >= 15 is 0 Å². The van der Waals surface area contributed by atoms with E-state index in [0.29, 0.717) is 16.7 Å². The molecule has 2 amide bonds. The Kier molecular flexibility index (Phi) is 6.07. The van der Waals surface area contributed by atoms with Gasteiger partial charge in [-0.3, -0.25) is 9.59 Å². The largest absolute Gasteiger partial charge is 0.352 e. The van der Waals surface area contributed by atoms with E-state index < -0.39 is 0 Å². The lowest BCUT2D eigenvalue weighted by Gasteiger charge is -2.09. The van der Waals surface area contributed by atoms with Crippen molar-refractivity contribution < 1.29 is 14.0 Å². The summed E-state index contributed by atoms with van der Waals surface area (Å²) in [6.45, 7) is 4.07. The molecule has 2 rings (SSSR count). The number of carbonyl (C=O) groups is 2. The maximum Gasteiger partial charge on any atom is 0.251 e. The Morgan fingerprint density at radius 1 is 1.00 bits per heavy atom. The van der Waals surface area contributed by atoms with Crippen LogP contribution in [-0.2, 0) is 11.3 Å². The van der Waals surface area contributed by atoms with E-state index in [0.717, 1.165) is 5.56 Å². The molecule has 0 radical (unpaired) electrons. The molecule has 0 bridgehead atoms.